The highest BCUT2D eigenvalue weighted by molar-refractivity contribution is 5.95. The molecule has 3 heterocycles. The highest BCUT2D eigenvalue weighted by Crippen LogP contribution is 2.43. The first-order valence-electron chi connectivity index (χ1n) is 10.7. The Hall–Kier alpha value is -3.09. The van der Waals surface area contributed by atoms with Crippen LogP contribution >= 0.6 is 0 Å². The third-order valence-electron chi connectivity index (χ3n) is 6.18. The summed E-state index contributed by atoms with van der Waals surface area (Å²) < 4.78 is 0. The van der Waals surface area contributed by atoms with Crippen LogP contribution in [-0.2, 0) is 6.54 Å². The Balaban J connectivity index is 1.75. The van der Waals surface area contributed by atoms with Crippen molar-refractivity contribution in [1.29, 1.82) is 5.41 Å². The fraction of sp³-hybridized carbons (Fsp3) is 0.320. The number of aryl methyl sites for hydroxylation is 2. The fourth-order valence-electron chi connectivity index (χ4n) is 4.66. The van der Waals surface area contributed by atoms with Crippen LogP contribution in [-0.4, -0.2) is 25.9 Å². The van der Waals surface area contributed by atoms with Gasteiger partial charge in [-0.2, -0.15) is 0 Å². The van der Waals surface area contributed by atoms with E-state index in [2.05, 4.69) is 36.9 Å². The quantitative estimate of drug-likeness (QED) is 0.315. The monoisotopic (exact) mass is 415 g/mol. The van der Waals surface area contributed by atoms with E-state index in [1.54, 1.807) is 0 Å². The van der Waals surface area contributed by atoms with Crippen LogP contribution in [0.3, 0.4) is 0 Å². The van der Waals surface area contributed by atoms with Gasteiger partial charge in [-0.25, -0.2) is 0 Å². The highest BCUT2D eigenvalue weighted by atomic mass is 16.5. The Morgan fingerprint density at radius 3 is 2.16 bits per heavy atom. The molecule has 3 N–H and O–H groups in total. The fourth-order valence-corrected chi connectivity index (χ4v) is 4.66. The number of hydroxylamine groups is 1. The number of rotatable bonds is 5. The second-order valence-electron chi connectivity index (χ2n) is 8.23. The molecule has 1 aliphatic rings. The first-order chi connectivity index (χ1) is 15.1. The minimum absolute atomic E-state index is 0.00487. The molecular weight excluding hydrogens is 386 g/mol. The van der Waals surface area contributed by atoms with Gasteiger partial charge in [0.05, 0.1) is 23.5 Å². The third kappa shape index (κ3) is 4.50. The predicted molar refractivity (Wildman–Crippen MR) is 121 cm³/mol. The topological polar surface area (TPSA) is 85.1 Å². The number of nitrogens with one attached hydrogen (secondary N) is 2. The van der Waals surface area contributed by atoms with Crippen molar-refractivity contribution in [2.24, 2.45) is 0 Å². The molecule has 0 spiro atoms. The number of benzene rings is 1. The number of aromatic nitrogens is 2. The molecule has 160 valence electrons. The van der Waals surface area contributed by atoms with Crippen molar-refractivity contribution in [2.75, 3.05) is 0 Å². The van der Waals surface area contributed by atoms with E-state index in [4.69, 9.17) is 20.6 Å². The SMILES string of the molecule is Cc1cccnc1C1CCCC(c2ncccc2C)N1Cc1cccc(C(=N)NO)c1. The molecule has 6 heteroatoms. The van der Waals surface area contributed by atoms with Crippen molar-refractivity contribution in [1.82, 2.24) is 20.3 Å². The zero-order valence-electron chi connectivity index (χ0n) is 18.0. The van der Waals surface area contributed by atoms with E-state index in [1.165, 1.54) is 11.1 Å². The minimum atomic E-state index is -0.00487. The summed E-state index contributed by atoms with van der Waals surface area (Å²) >= 11 is 0. The van der Waals surface area contributed by atoms with E-state index in [0.717, 1.165) is 36.2 Å². The average molecular weight is 416 g/mol. The standard InChI is InChI=1S/C25H29N5O/c1-17-7-5-13-27-23(17)21-11-4-12-22(24-18(2)8-6-14-28-24)30(21)16-19-9-3-10-20(15-19)25(26)29-31/h3,5-10,13-15,21-22,31H,4,11-12,16H2,1-2H3,(H2,26,29). The zero-order chi connectivity index (χ0) is 21.8. The molecule has 3 aromatic rings. The highest BCUT2D eigenvalue weighted by Gasteiger charge is 2.35. The molecule has 1 aliphatic heterocycles. The van der Waals surface area contributed by atoms with E-state index in [9.17, 15) is 0 Å². The molecule has 1 aromatic carbocycles. The zero-order valence-corrected chi connectivity index (χ0v) is 18.0. The molecule has 0 radical (unpaired) electrons. The second kappa shape index (κ2) is 9.37. The lowest BCUT2D eigenvalue weighted by Crippen LogP contribution is -2.37. The lowest BCUT2D eigenvalue weighted by molar-refractivity contribution is 0.0679. The van der Waals surface area contributed by atoms with Gasteiger partial charge >= 0.3 is 0 Å². The Morgan fingerprint density at radius 1 is 1.00 bits per heavy atom. The van der Waals surface area contributed by atoms with Gasteiger partial charge in [-0.1, -0.05) is 30.3 Å². The molecule has 2 atom stereocenters. The average Bonchev–Trinajstić information content (AvgIpc) is 2.80. The predicted octanol–water partition coefficient (Wildman–Crippen LogP) is 4.87. The number of pyridine rings is 2. The molecule has 2 unspecified atom stereocenters. The number of amidine groups is 1. The van der Waals surface area contributed by atoms with Crippen molar-refractivity contribution >= 4 is 5.84 Å². The first kappa shape index (κ1) is 21.2. The van der Waals surface area contributed by atoms with Crippen LogP contribution < -0.4 is 5.48 Å². The largest absolute Gasteiger partial charge is 0.290 e. The molecule has 31 heavy (non-hydrogen) atoms. The van der Waals surface area contributed by atoms with Gasteiger partial charge in [0.1, 0.15) is 5.84 Å². The van der Waals surface area contributed by atoms with E-state index < -0.39 is 0 Å². The number of likely N-dealkylation sites (tertiary alicyclic amines) is 1. The number of hydrogen-bond acceptors (Lipinski definition) is 5. The molecule has 0 saturated carbocycles. The Kier molecular flexibility index (Phi) is 6.39. The summed E-state index contributed by atoms with van der Waals surface area (Å²) in [6, 6.07) is 16.4. The Bertz CT molecular complexity index is 1010. The molecule has 1 fully saturated rings. The summed E-state index contributed by atoms with van der Waals surface area (Å²) in [5.41, 5.74) is 8.36. The van der Waals surface area contributed by atoms with Crippen LogP contribution in [0.5, 0.6) is 0 Å². The lowest BCUT2D eigenvalue weighted by Gasteiger charge is -2.42. The van der Waals surface area contributed by atoms with Crippen LogP contribution in [0, 0.1) is 19.3 Å². The van der Waals surface area contributed by atoms with Crippen molar-refractivity contribution in [3.05, 3.63) is 94.6 Å². The first-order valence-corrected chi connectivity index (χ1v) is 10.7. The van der Waals surface area contributed by atoms with Crippen LogP contribution in [0.1, 0.15) is 65.0 Å². The normalized spacial score (nSPS) is 19.2. The van der Waals surface area contributed by atoms with E-state index in [-0.39, 0.29) is 17.9 Å². The lowest BCUT2D eigenvalue weighted by atomic mass is 9.88. The van der Waals surface area contributed by atoms with Crippen LogP contribution in [0.25, 0.3) is 0 Å². The van der Waals surface area contributed by atoms with E-state index in [1.807, 2.05) is 48.2 Å². The van der Waals surface area contributed by atoms with Gasteiger partial charge in [0.2, 0.25) is 0 Å². The van der Waals surface area contributed by atoms with Crippen molar-refractivity contribution in [3.8, 4) is 0 Å². The van der Waals surface area contributed by atoms with Crippen LogP contribution in [0.15, 0.2) is 60.9 Å². The molecular formula is C25H29N5O. The van der Waals surface area contributed by atoms with Crippen LogP contribution in [0.4, 0.5) is 0 Å². The van der Waals surface area contributed by atoms with Crippen molar-refractivity contribution in [2.45, 2.75) is 51.7 Å². The maximum Gasteiger partial charge on any atom is 0.149 e. The Labute approximate surface area is 183 Å². The molecule has 0 amide bonds. The van der Waals surface area contributed by atoms with Gasteiger partial charge in [-0.15, -0.1) is 0 Å². The number of nitrogens with zero attached hydrogens (tertiary/aromatic N) is 3. The van der Waals surface area contributed by atoms with Gasteiger partial charge in [0.15, 0.2) is 0 Å². The maximum absolute atomic E-state index is 9.14. The molecule has 6 nitrogen and oxygen atoms in total. The minimum Gasteiger partial charge on any atom is -0.290 e. The van der Waals surface area contributed by atoms with Gasteiger partial charge in [-0.3, -0.25) is 31.0 Å². The smallest absolute Gasteiger partial charge is 0.149 e. The molecule has 0 bridgehead atoms. The Morgan fingerprint density at radius 2 is 1.61 bits per heavy atom. The van der Waals surface area contributed by atoms with Gasteiger partial charge in [0.25, 0.3) is 0 Å². The summed E-state index contributed by atoms with van der Waals surface area (Å²) in [6.45, 7) is 4.98. The van der Waals surface area contributed by atoms with Crippen LogP contribution in [0.2, 0.25) is 0 Å². The molecule has 0 aliphatic carbocycles. The van der Waals surface area contributed by atoms with Gasteiger partial charge in [0, 0.05) is 24.5 Å². The summed E-state index contributed by atoms with van der Waals surface area (Å²) in [5.74, 6) is -0.00487. The van der Waals surface area contributed by atoms with E-state index in [0.29, 0.717) is 12.1 Å². The molecule has 1 saturated heterocycles. The molecule has 2 aromatic heterocycles. The third-order valence-corrected chi connectivity index (χ3v) is 6.18. The van der Waals surface area contributed by atoms with Gasteiger partial charge in [-0.05, 0) is 68.0 Å². The number of hydrogen-bond donors (Lipinski definition) is 3. The maximum atomic E-state index is 9.14. The van der Waals surface area contributed by atoms with Crippen molar-refractivity contribution < 1.29 is 5.21 Å². The summed E-state index contributed by atoms with van der Waals surface area (Å²) in [6.07, 6.45) is 6.98. The summed E-state index contributed by atoms with van der Waals surface area (Å²) in [4.78, 5) is 12.0. The van der Waals surface area contributed by atoms with E-state index >= 15 is 0 Å². The summed E-state index contributed by atoms with van der Waals surface area (Å²) in [5, 5.41) is 17.0. The number of piperidine rings is 1. The molecule has 4 rings (SSSR count). The second-order valence-corrected chi connectivity index (χ2v) is 8.23. The van der Waals surface area contributed by atoms with Gasteiger partial charge < -0.3 is 0 Å². The van der Waals surface area contributed by atoms with Crippen molar-refractivity contribution in [3.63, 3.8) is 0 Å². The summed E-state index contributed by atoms with van der Waals surface area (Å²) in [7, 11) is 0.